The number of para-hydroxylation sites is 1. The van der Waals surface area contributed by atoms with Crippen molar-refractivity contribution in [2.24, 2.45) is 5.10 Å². The van der Waals surface area contributed by atoms with Crippen LogP contribution in [0.25, 0.3) is 0 Å². The van der Waals surface area contributed by atoms with E-state index in [1.807, 2.05) is 90.8 Å². The molecule has 0 unspecified atom stereocenters. The molecule has 0 bridgehead atoms. The highest BCUT2D eigenvalue weighted by Gasteiger charge is 2.43. The molecule has 4 rings (SSSR count). The number of anilines is 1. The van der Waals surface area contributed by atoms with Crippen LogP contribution in [0.2, 0.25) is 0 Å². The van der Waals surface area contributed by atoms with Crippen molar-refractivity contribution in [1.29, 1.82) is 0 Å². The van der Waals surface area contributed by atoms with E-state index in [1.54, 1.807) is 0 Å². The Hall–Kier alpha value is -3.40. The van der Waals surface area contributed by atoms with E-state index in [4.69, 9.17) is 9.84 Å². The monoisotopic (exact) mass is 370 g/mol. The first-order valence-corrected chi connectivity index (χ1v) is 9.49. The van der Waals surface area contributed by atoms with Crippen LogP contribution in [0.15, 0.2) is 96.1 Å². The average Bonchev–Trinajstić information content (AvgIpc) is 3.16. The minimum atomic E-state index is -0.365. The van der Waals surface area contributed by atoms with Crippen molar-refractivity contribution in [1.82, 2.24) is 0 Å². The maximum atomic E-state index is 12.8. The highest BCUT2D eigenvalue weighted by atomic mass is 16.5. The quantitative estimate of drug-likeness (QED) is 0.597. The van der Waals surface area contributed by atoms with Gasteiger partial charge in [0, 0.05) is 0 Å². The molecule has 0 amide bonds. The molecule has 1 aliphatic heterocycles. The SMILES string of the molecule is CCOC(=O)C1=NN(c2ccccc2)[C@H](c2ccccc2)[C@@H]1c1ccccc1. The van der Waals surface area contributed by atoms with Crippen LogP contribution in [0.4, 0.5) is 5.69 Å². The van der Waals surface area contributed by atoms with E-state index in [9.17, 15) is 4.79 Å². The van der Waals surface area contributed by atoms with E-state index in [0.717, 1.165) is 16.8 Å². The summed E-state index contributed by atoms with van der Waals surface area (Å²) in [5.41, 5.74) is 3.52. The van der Waals surface area contributed by atoms with Crippen molar-refractivity contribution in [3.63, 3.8) is 0 Å². The van der Waals surface area contributed by atoms with Crippen LogP contribution in [-0.4, -0.2) is 18.3 Å². The van der Waals surface area contributed by atoms with Crippen LogP contribution >= 0.6 is 0 Å². The van der Waals surface area contributed by atoms with E-state index >= 15 is 0 Å². The molecule has 2 atom stereocenters. The predicted octanol–water partition coefficient (Wildman–Crippen LogP) is 4.95. The topological polar surface area (TPSA) is 41.9 Å². The Labute approximate surface area is 165 Å². The van der Waals surface area contributed by atoms with Gasteiger partial charge in [-0.05, 0) is 30.2 Å². The van der Waals surface area contributed by atoms with E-state index in [2.05, 4.69) is 12.1 Å². The van der Waals surface area contributed by atoms with Crippen molar-refractivity contribution in [3.05, 3.63) is 102 Å². The molecule has 0 aromatic heterocycles. The highest BCUT2D eigenvalue weighted by Crippen LogP contribution is 2.44. The molecule has 0 spiro atoms. The number of benzene rings is 3. The van der Waals surface area contributed by atoms with Gasteiger partial charge in [0.05, 0.1) is 24.3 Å². The van der Waals surface area contributed by atoms with Crippen molar-refractivity contribution >= 4 is 17.4 Å². The lowest BCUT2D eigenvalue weighted by Gasteiger charge is -2.28. The van der Waals surface area contributed by atoms with Gasteiger partial charge in [-0.2, -0.15) is 5.10 Å². The smallest absolute Gasteiger partial charge is 0.355 e. The number of nitrogens with zero attached hydrogens (tertiary/aromatic N) is 2. The average molecular weight is 370 g/mol. The minimum Gasteiger partial charge on any atom is -0.461 e. The van der Waals surface area contributed by atoms with E-state index in [0.29, 0.717) is 12.3 Å². The summed E-state index contributed by atoms with van der Waals surface area (Å²) >= 11 is 0. The molecule has 0 saturated carbocycles. The second-order valence-electron chi connectivity index (χ2n) is 6.63. The molecule has 0 N–H and O–H groups in total. The number of ether oxygens (including phenoxy) is 1. The molecule has 0 aliphatic carbocycles. The second kappa shape index (κ2) is 8.09. The Morgan fingerprint density at radius 1 is 0.857 bits per heavy atom. The molecule has 1 heterocycles. The van der Waals surface area contributed by atoms with Crippen molar-refractivity contribution in [2.75, 3.05) is 11.6 Å². The number of hydrogen-bond donors (Lipinski definition) is 0. The largest absolute Gasteiger partial charge is 0.461 e. The van der Waals surface area contributed by atoms with Crippen LogP contribution in [0, 0.1) is 0 Å². The number of rotatable bonds is 5. The van der Waals surface area contributed by atoms with Crippen LogP contribution in [0.3, 0.4) is 0 Å². The maximum Gasteiger partial charge on any atom is 0.355 e. The Morgan fingerprint density at radius 2 is 1.39 bits per heavy atom. The molecule has 28 heavy (non-hydrogen) atoms. The molecule has 3 aromatic rings. The molecule has 0 radical (unpaired) electrons. The van der Waals surface area contributed by atoms with Crippen molar-refractivity contribution in [3.8, 4) is 0 Å². The Kier molecular flexibility index (Phi) is 5.20. The summed E-state index contributed by atoms with van der Waals surface area (Å²) in [7, 11) is 0. The van der Waals surface area contributed by atoms with Gasteiger partial charge < -0.3 is 4.74 Å². The Bertz CT molecular complexity index is 956. The zero-order chi connectivity index (χ0) is 19.3. The Morgan fingerprint density at radius 3 is 1.96 bits per heavy atom. The third kappa shape index (κ3) is 3.41. The molecule has 4 nitrogen and oxygen atoms in total. The molecule has 140 valence electrons. The summed E-state index contributed by atoms with van der Waals surface area (Å²) in [4.78, 5) is 12.8. The predicted molar refractivity (Wildman–Crippen MR) is 111 cm³/mol. The number of carbonyl (C=O) groups excluding carboxylic acids is 1. The van der Waals surface area contributed by atoms with Gasteiger partial charge in [-0.1, -0.05) is 78.9 Å². The van der Waals surface area contributed by atoms with Crippen LogP contribution in [0.5, 0.6) is 0 Å². The number of hydrazone groups is 1. The zero-order valence-electron chi connectivity index (χ0n) is 15.7. The van der Waals surface area contributed by atoms with Gasteiger partial charge in [-0.3, -0.25) is 5.01 Å². The molecule has 1 aliphatic rings. The van der Waals surface area contributed by atoms with Crippen molar-refractivity contribution in [2.45, 2.75) is 18.9 Å². The van der Waals surface area contributed by atoms with Gasteiger partial charge in [0.15, 0.2) is 5.71 Å². The van der Waals surface area contributed by atoms with Gasteiger partial charge in [0.25, 0.3) is 0 Å². The van der Waals surface area contributed by atoms with Gasteiger partial charge in [-0.25, -0.2) is 4.79 Å². The number of carbonyl (C=O) groups is 1. The maximum absolute atomic E-state index is 12.8. The normalized spacial score (nSPS) is 18.6. The first-order valence-electron chi connectivity index (χ1n) is 9.49. The summed E-state index contributed by atoms with van der Waals surface area (Å²) < 4.78 is 5.35. The minimum absolute atomic E-state index is 0.134. The lowest BCUT2D eigenvalue weighted by molar-refractivity contribution is -0.135. The summed E-state index contributed by atoms with van der Waals surface area (Å²) in [5.74, 6) is -0.585. The van der Waals surface area contributed by atoms with Gasteiger partial charge in [0.2, 0.25) is 0 Å². The number of esters is 1. The molecule has 3 aromatic carbocycles. The van der Waals surface area contributed by atoms with E-state index in [-0.39, 0.29) is 17.9 Å². The third-order valence-corrected chi connectivity index (χ3v) is 4.89. The van der Waals surface area contributed by atoms with Crippen molar-refractivity contribution < 1.29 is 9.53 Å². The molecular weight excluding hydrogens is 348 g/mol. The first kappa shape index (κ1) is 18.0. The summed E-state index contributed by atoms with van der Waals surface area (Å²) in [6.07, 6.45) is 0. The fourth-order valence-electron chi connectivity index (χ4n) is 3.69. The van der Waals surface area contributed by atoms with Crippen LogP contribution in [0.1, 0.15) is 30.0 Å². The molecule has 4 heteroatoms. The zero-order valence-corrected chi connectivity index (χ0v) is 15.7. The summed E-state index contributed by atoms with van der Waals surface area (Å²) in [5, 5.41) is 6.71. The van der Waals surface area contributed by atoms with Gasteiger partial charge >= 0.3 is 5.97 Å². The molecular formula is C24H22N2O2. The fourth-order valence-corrected chi connectivity index (χ4v) is 3.69. The van der Waals surface area contributed by atoms with Gasteiger partial charge in [0.1, 0.15) is 0 Å². The van der Waals surface area contributed by atoms with E-state index < -0.39 is 0 Å². The lowest BCUT2D eigenvalue weighted by Crippen LogP contribution is -2.27. The Balaban J connectivity index is 1.88. The summed E-state index contributed by atoms with van der Waals surface area (Å²) in [6.45, 7) is 2.13. The second-order valence-corrected chi connectivity index (χ2v) is 6.63. The summed E-state index contributed by atoms with van der Waals surface area (Å²) in [6, 6.07) is 30.1. The lowest BCUT2D eigenvalue weighted by atomic mass is 9.84. The standard InChI is InChI=1S/C24H22N2O2/c1-2-28-24(27)22-21(18-12-6-3-7-13-18)23(19-14-8-4-9-15-19)26(25-22)20-16-10-5-11-17-20/h3-17,21,23H,2H2,1H3/t21-,23-/m1/s1. The van der Waals surface area contributed by atoms with E-state index in [1.165, 1.54) is 0 Å². The third-order valence-electron chi connectivity index (χ3n) is 4.89. The number of hydrogen-bond acceptors (Lipinski definition) is 4. The highest BCUT2D eigenvalue weighted by molar-refractivity contribution is 6.39. The molecule has 0 saturated heterocycles. The van der Waals surface area contributed by atoms with Crippen LogP contribution < -0.4 is 5.01 Å². The fraction of sp³-hybridized carbons (Fsp3) is 0.167. The first-order chi connectivity index (χ1) is 13.8. The van der Waals surface area contributed by atoms with Crippen LogP contribution in [-0.2, 0) is 9.53 Å². The van der Waals surface area contributed by atoms with Gasteiger partial charge in [-0.15, -0.1) is 0 Å². The molecule has 0 fully saturated rings.